The number of rotatable bonds is 9. The van der Waals surface area contributed by atoms with Crippen LogP contribution in [0.15, 0.2) is 103 Å². The van der Waals surface area contributed by atoms with Gasteiger partial charge in [-0.2, -0.15) is 13.2 Å². The van der Waals surface area contributed by atoms with Gasteiger partial charge < -0.3 is 19.1 Å². The molecule has 1 amide bonds. The molecule has 3 atom stereocenters. The molecule has 5 nitrogen and oxygen atoms in total. The molecule has 0 N–H and O–H groups in total. The van der Waals surface area contributed by atoms with Crippen molar-refractivity contribution in [3.05, 3.63) is 120 Å². The Hall–Kier alpha value is -3.46. The second-order valence-corrected chi connectivity index (χ2v) is 8.99. The molecule has 0 bridgehead atoms. The van der Waals surface area contributed by atoms with Crippen molar-refractivity contribution < 1.29 is 32.2 Å². The quantitative estimate of drug-likeness (QED) is 0.336. The van der Waals surface area contributed by atoms with Crippen molar-refractivity contribution in [1.82, 2.24) is 4.90 Å². The lowest BCUT2D eigenvalue weighted by Gasteiger charge is -2.37. The highest BCUT2D eigenvalue weighted by atomic mass is 19.4. The maximum absolute atomic E-state index is 13.4. The Labute approximate surface area is 220 Å². The van der Waals surface area contributed by atoms with Crippen LogP contribution in [0.2, 0.25) is 0 Å². The van der Waals surface area contributed by atoms with E-state index in [1.807, 2.05) is 91.0 Å². The number of hydrogen-bond acceptors (Lipinski definition) is 4. The lowest BCUT2D eigenvalue weighted by atomic mass is 10.0. The Balaban J connectivity index is 1.62. The lowest BCUT2D eigenvalue weighted by Crippen LogP contribution is -2.52. The highest BCUT2D eigenvalue weighted by molar-refractivity contribution is 5.82. The normalized spacial score (nSPS) is 20.9. The van der Waals surface area contributed by atoms with Gasteiger partial charge in [-0.05, 0) is 16.7 Å². The average Bonchev–Trinajstić information content (AvgIpc) is 2.92. The van der Waals surface area contributed by atoms with Crippen LogP contribution in [0.25, 0.3) is 0 Å². The Morgan fingerprint density at radius 3 is 1.71 bits per heavy atom. The van der Waals surface area contributed by atoms with Crippen LogP contribution < -0.4 is 0 Å². The second-order valence-electron chi connectivity index (χ2n) is 8.99. The van der Waals surface area contributed by atoms with Gasteiger partial charge in [-0.15, -0.1) is 0 Å². The summed E-state index contributed by atoms with van der Waals surface area (Å²) in [6.07, 6.45) is -4.12. The predicted molar refractivity (Wildman–Crippen MR) is 137 cm³/mol. The fraction of sp³-hybridized carbons (Fsp3) is 0.300. The van der Waals surface area contributed by atoms with Gasteiger partial charge in [0.05, 0.1) is 26.4 Å². The van der Waals surface area contributed by atoms with Gasteiger partial charge in [0, 0.05) is 6.54 Å². The molecule has 200 valence electrons. The van der Waals surface area contributed by atoms with E-state index in [9.17, 15) is 18.0 Å². The third-order valence-corrected chi connectivity index (χ3v) is 6.15. The van der Waals surface area contributed by atoms with Crippen LogP contribution >= 0.6 is 0 Å². The molecule has 0 fully saturated rings. The average molecular weight is 526 g/mol. The summed E-state index contributed by atoms with van der Waals surface area (Å²) in [6.45, 7) is 0.0841. The molecule has 38 heavy (non-hydrogen) atoms. The molecule has 0 saturated carbocycles. The van der Waals surface area contributed by atoms with E-state index in [1.165, 1.54) is 6.08 Å². The molecule has 1 aliphatic heterocycles. The van der Waals surface area contributed by atoms with E-state index in [0.717, 1.165) is 21.6 Å². The van der Waals surface area contributed by atoms with Gasteiger partial charge in [0.15, 0.2) is 0 Å². The minimum atomic E-state index is -5.00. The van der Waals surface area contributed by atoms with Gasteiger partial charge in [-0.25, -0.2) is 0 Å². The molecule has 0 unspecified atom stereocenters. The number of halogens is 3. The minimum absolute atomic E-state index is 0.139. The van der Waals surface area contributed by atoms with Gasteiger partial charge in [0.1, 0.15) is 18.3 Å². The highest BCUT2D eigenvalue weighted by Gasteiger charge is 2.44. The first-order valence-corrected chi connectivity index (χ1v) is 12.4. The van der Waals surface area contributed by atoms with Crippen molar-refractivity contribution in [1.29, 1.82) is 0 Å². The van der Waals surface area contributed by atoms with Crippen LogP contribution in [0, 0.1) is 0 Å². The van der Waals surface area contributed by atoms with Crippen molar-refractivity contribution in [3.63, 3.8) is 0 Å². The second kappa shape index (κ2) is 13.4. The van der Waals surface area contributed by atoms with Gasteiger partial charge in [0.2, 0.25) is 0 Å². The summed E-state index contributed by atoms with van der Waals surface area (Å²) in [5, 5.41) is 0. The SMILES string of the molecule is O=C(N1C/C=C\[C@@H](OCc2ccccc2)[C@H](OCc2ccccc2)[C@@H](OCc2ccccc2)C1)C(F)(F)F. The fourth-order valence-corrected chi connectivity index (χ4v) is 4.20. The smallest absolute Gasteiger partial charge is 0.369 e. The molecule has 3 aromatic rings. The summed E-state index contributed by atoms with van der Waals surface area (Å²) in [4.78, 5) is 13.0. The van der Waals surface area contributed by atoms with Crippen molar-refractivity contribution in [2.24, 2.45) is 0 Å². The zero-order valence-corrected chi connectivity index (χ0v) is 20.8. The van der Waals surface area contributed by atoms with Crippen molar-refractivity contribution >= 4 is 5.91 Å². The van der Waals surface area contributed by atoms with Crippen LogP contribution in [0.3, 0.4) is 0 Å². The largest absolute Gasteiger partial charge is 0.471 e. The van der Waals surface area contributed by atoms with E-state index >= 15 is 0 Å². The molecule has 0 aliphatic carbocycles. The van der Waals surface area contributed by atoms with Gasteiger partial charge in [-0.1, -0.05) is 103 Å². The first-order valence-electron chi connectivity index (χ1n) is 12.4. The summed E-state index contributed by atoms with van der Waals surface area (Å²) in [6, 6.07) is 28.3. The van der Waals surface area contributed by atoms with Crippen LogP contribution in [-0.4, -0.2) is 48.4 Å². The molecule has 3 aromatic carbocycles. The van der Waals surface area contributed by atoms with Crippen LogP contribution in [0.5, 0.6) is 0 Å². The third kappa shape index (κ3) is 8.02. The van der Waals surface area contributed by atoms with Crippen molar-refractivity contribution in [3.8, 4) is 0 Å². The first-order chi connectivity index (χ1) is 18.4. The summed E-state index contributed by atoms with van der Waals surface area (Å²) in [7, 11) is 0. The zero-order valence-electron chi connectivity index (χ0n) is 20.8. The van der Waals surface area contributed by atoms with Crippen LogP contribution in [0.4, 0.5) is 13.2 Å². The molecule has 0 radical (unpaired) electrons. The first kappa shape index (κ1) is 27.6. The fourth-order valence-electron chi connectivity index (χ4n) is 4.20. The summed E-state index contributed by atoms with van der Waals surface area (Å²) < 4.78 is 58.9. The number of amides is 1. The van der Waals surface area contributed by atoms with Crippen LogP contribution in [0.1, 0.15) is 16.7 Å². The van der Waals surface area contributed by atoms with E-state index in [0.29, 0.717) is 0 Å². The van der Waals surface area contributed by atoms with E-state index in [1.54, 1.807) is 6.08 Å². The van der Waals surface area contributed by atoms with Crippen molar-refractivity contribution in [2.45, 2.75) is 44.3 Å². The van der Waals surface area contributed by atoms with Crippen LogP contribution in [-0.2, 0) is 38.8 Å². The van der Waals surface area contributed by atoms with E-state index in [2.05, 4.69) is 0 Å². The number of nitrogens with zero attached hydrogens (tertiary/aromatic N) is 1. The molecule has 0 aromatic heterocycles. The maximum Gasteiger partial charge on any atom is 0.471 e. The van der Waals surface area contributed by atoms with Gasteiger partial charge in [0.25, 0.3) is 0 Å². The zero-order chi connectivity index (χ0) is 26.8. The molecule has 4 rings (SSSR count). The number of alkyl halides is 3. The maximum atomic E-state index is 13.4. The summed E-state index contributed by atoms with van der Waals surface area (Å²) >= 11 is 0. The topological polar surface area (TPSA) is 48.0 Å². The molecule has 0 spiro atoms. The number of ether oxygens (including phenoxy) is 3. The number of carbonyl (C=O) groups excluding carboxylic acids is 1. The third-order valence-electron chi connectivity index (χ3n) is 6.15. The Bertz CT molecular complexity index is 1160. The van der Waals surface area contributed by atoms with E-state index < -0.39 is 30.4 Å². The Morgan fingerprint density at radius 1 is 0.737 bits per heavy atom. The molecular weight excluding hydrogens is 495 g/mol. The van der Waals surface area contributed by atoms with Gasteiger partial charge >= 0.3 is 12.1 Å². The number of benzene rings is 3. The molecule has 1 aliphatic rings. The Kier molecular flexibility index (Phi) is 9.70. The van der Waals surface area contributed by atoms with E-state index in [-0.39, 0.29) is 32.9 Å². The Morgan fingerprint density at radius 2 is 1.21 bits per heavy atom. The standard InChI is InChI=1S/C30H30F3NO4/c31-30(32,33)29(35)34-18-10-17-26(36-20-23-11-4-1-5-12-23)28(38-22-25-15-8-3-9-16-25)27(19-34)37-21-24-13-6-2-7-14-24/h1-17,26-28H,18-22H2/b17-10-/t26-,27+,28+/m1/s1. The molecule has 8 heteroatoms. The highest BCUT2D eigenvalue weighted by Crippen LogP contribution is 2.25. The van der Waals surface area contributed by atoms with Gasteiger partial charge in [-0.3, -0.25) is 4.79 Å². The number of carbonyl (C=O) groups is 1. The summed E-state index contributed by atoms with van der Waals surface area (Å²) in [5.74, 6) is -1.92. The molecule has 1 heterocycles. The minimum Gasteiger partial charge on any atom is -0.369 e. The molecule has 0 saturated heterocycles. The number of hydrogen-bond donors (Lipinski definition) is 0. The van der Waals surface area contributed by atoms with E-state index in [4.69, 9.17) is 14.2 Å². The predicted octanol–water partition coefficient (Wildman–Crippen LogP) is 5.70. The molecular formula is C30H30F3NO4. The van der Waals surface area contributed by atoms with Crippen molar-refractivity contribution in [2.75, 3.05) is 13.1 Å². The lowest BCUT2D eigenvalue weighted by molar-refractivity contribution is -0.191. The summed E-state index contributed by atoms with van der Waals surface area (Å²) in [5.41, 5.74) is 2.69. The monoisotopic (exact) mass is 525 g/mol.